The van der Waals surface area contributed by atoms with Crippen LogP contribution < -0.4 is 10.5 Å². The minimum absolute atomic E-state index is 0.124. The second-order valence-corrected chi connectivity index (χ2v) is 4.34. The van der Waals surface area contributed by atoms with Crippen molar-refractivity contribution in [2.45, 2.75) is 18.9 Å². The number of ether oxygens (including phenoxy) is 2. The minimum atomic E-state index is 0.124. The molecule has 2 N–H and O–H groups in total. The summed E-state index contributed by atoms with van der Waals surface area (Å²) in [5, 5.41) is 0.858. The first-order chi connectivity index (χ1) is 8.83. The number of hydrogen-bond acceptors (Lipinski definition) is 5. The molecule has 0 saturated carbocycles. The summed E-state index contributed by atoms with van der Waals surface area (Å²) in [7, 11) is 0. The molecule has 3 rings (SSSR count). The lowest BCUT2D eigenvalue weighted by Gasteiger charge is -2.22. The van der Waals surface area contributed by atoms with Gasteiger partial charge in [0.2, 0.25) is 0 Å². The van der Waals surface area contributed by atoms with Crippen molar-refractivity contribution in [1.82, 2.24) is 9.97 Å². The minimum Gasteiger partial charge on any atom is -0.460 e. The van der Waals surface area contributed by atoms with Gasteiger partial charge in [-0.2, -0.15) is 9.97 Å². The number of aromatic nitrogens is 2. The molecule has 0 bridgehead atoms. The van der Waals surface area contributed by atoms with Crippen LogP contribution in [0, 0.1) is 0 Å². The zero-order chi connectivity index (χ0) is 12.4. The Morgan fingerprint density at radius 2 is 1.94 bits per heavy atom. The molecule has 1 aromatic carbocycles. The number of para-hydroxylation sites is 1. The molecule has 2 aromatic rings. The van der Waals surface area contributed by atoms with Crippen molar-refractivity contribution >= 4 is 16.7 Å². The summed E-state index contributed by atoms with van der Waals surface area (Å²) in [5.41, 5.74) is 6.72. The van der Waals surface area contributed by atoms with Crippen molar-refractivity contribution in [2.24, 2.45) is 0 Å². The molecule has 1 aliphatic heterocycles. The average Bonchev–Trinajstić information content (AvgIpc) is 2.40. The average molecular weight is 245 g/mol. The van der Waals surface area contributed by atoms with Crippen LogP contribution in [0.2, 0.25) is 0 Å². The van der Waals surface area contributed by atoms with Gasteiger partial charge in [-0.15, -0.1) is 0 Å². The van der Waals surface area contributed by atoms with E-state index in [4.69, 9.17) is 15.2 Å². The lowest BCUT2D eigenvalue weighted by atomic mass is 10.2. The highest BCUT2D eigenvalue weighted by Crippen LogP contribution is 2.21. The number of rotatable bonds is 2. The smallest absolute Gasteiger partial charge is 0.319 e. The maximum atomic E-state index is 5.91. The van der Waals surface area contributed by atoms with Crippen LogP contribution in [0.1, 0.15) is 12.8 Å². The SMILES string of the molecule is Nc1nc(OC2CCOCC2)nc2ccccc12. The molecule has 2 heterocycles. The van der Waals surface area contributed by atoms with Crippen LogP contribution in [0.5, 0.6) is 6.01 Å². The molecule has 0 radical (unpaired) electrons. The third kappa shape index (κ3) is 2.22. The number of hydrogen-bond donors (Lipinski definition) is 1. The van der Waals surface area contributed by atoms with E-state index < -0.39 is 0 Å². The predicted molar refractivity (Wildman–Crippen MR) is 68.4 cm³/mol. The Labute approximate surface area is 105 Å². The van der Waals surface area contributed by atoms with Gasteiger partial charge >= 0.3 is 6.01 Å². The van der Waals surface area contributed by atoms with Crippen LogP contribution in [-0.2, 0) is 4.74 Å². The molecule has 0 amide bonds. The molecule has 0 spiro atoms. The van der Waals surface area contributed by atoms with E-state index in [-0.39, 0.29) is 6.10 Å². The van der Waals surface area contributed by atoms with Gasteiger partial charge in [0.15, 0.2) is 0 Å². The van der Waals surface area contributed by atoms with Gasteiger partial charge < -0.3 is 15.2 Å². The standard InChI is InChI=1S/C13H15N3O2/c14-12-10-3-1-2-4-11(10)15-13(16-12)18-9-5-7-17-8-6-9/h1-4,9H,5-8H2,(H2,14,15,16). The van der Waals surface area contributed by atoms with Gasteiger partial charge in [0, 0.05) is 18.2 Å². The summed E-state index contributed by atoms with van der Waals surface area (Å²) in [5.74, 6) is 0.461. The van der Waals surface area contributed by atoms with E-state index >= 15 is 0 Å². The lowest BCUT2D eigenvalue weighted by Crippen LogP contribution is -2.26. The van der Waals surface area contributed by atoms with E-state index in [2.05, 4.69) is 9.97 Å². The van der Waals surface area contributed by atoms with E-state index in [9.17, 15) is 0 Å². The molecule has 1 aliphatic rings. The molecule has 0 unspecified atom stereocenters. The van der Waals surface area contributed by atoms with Crippen LogP contribution in [-0.4, -0.2) is 29.3 Å². The normalized spacial score (nSPS) is 16.9. The quantitative estimate of drug-likeness (QED) is 0.873. The second kappa shape index (κ2) is 4.78. The van der Waals surface area contributed by atoms with E-state index in [0.29, 0.717) is 11.8 Å². The molecule has 1 aromatic heterocycles. The Bertz CT molecular complexity index is 553. The van der Waals surface area contributed by atoms with Crippen molar-refractivity contribution in [3.8, 4) is 6.01 Å². The number of nitrogens with two attached hydrogens (primary N) is 1. The summed E-state index contributed by atoms with van der Waals surface area (Å²) in [6.45, 7) is 1.46. The Balaban J connectivity index is 1.87. The molecule has 1 fully saturated rings. The molecule has 18 heavy (non-hydrogen) atoms. The first-order valence-corrected chi connectivity index (χ1v) is 6.09. The maximum absolute atomic E-state index is 5.91. The number of fused-ring (bicyclic) bond motifs is 1. The zero-order valence-electron chi connectivity index (χ0n) is 10.0. The third-order valence-electron chi connectivity index (χ3n) is 3.05. The predicted octanol–water partition coefficient (Wildman–Crippen LogP) is 1.77. The van der Waals surface area contributed by atoms with Crippen molar-refractivity contribution in [3.63, 3.8) is 0 Å². The highest BCUT2D eigenvalue weighted by molar-refractivity contribution is 5.88. The Morgan fingerprint density at radius 1 is 1.17 bits per heavy atom. The van der Waals surface area contributed by atoms with E-state index in [1.165, 1.54) is 0 Å². The third-order valence-corrected chi connectivity index (χ3v) is 3.05. The van der Waals surface area contributed by atoms with Crippen LogP contribution in [0.15, 0.2) is 24.3 Å². The van der Waals surface area contributed by atoms with Crippen molar-refractivity contribution in [1.29, 1.82) is 0 Å². The van der Waals surface area contributed by atoms with Crippen LogP contribution >= 0.6 is 0 Å². The van der Waals surface area contributed by atoms with Crippen LogP contribution in [0.3, 0.4) is 0 Å². The van der Waals surface area contributed by atoms with Crippen molar-refractivity contribution < 1.29 is 9.47 Å². The van der Waals surface area contributed by atoms with E-state index in [0.717, 1.165) is 37.0 Å². The first-order valence-electron chi connectivity index (χ1n) is 6.09. The van der Waals surface area contributed by atoms with Gasteiger partial charge in [0.25, 0.3) is 0 Å². The van der Waals surface area contributed by atoms with E-state index in [1.807, 2.05) is 24.3 Å². The molecule has 0 atom stereocenters. The summed E-state index contributed by atoms with van der Waals surface area (Å²) >= 11 is 0. The second-order valence-electron chi connectivity index (χ2n) is 4.34. The molecule has 94 valence electrons. The molecule has 0 aliphatic carbocycles. The van der Waals surface area contributed by atoms with Crippen molar-refractivity contribution in [3.05, 3.63) is 24.3 Å². The fourth-order valence-corrected chi connectivity index (χ4v) is 2.07. The van der Waals surface area contributed by atoms with Gasteiger partial charge in [-0.25, -0.2) is 0 Å². The van der Waals surface area contributed by atoms with Gasteiger partial charge in [-0.05, 0) is 12.1 Å². The molecule has 5 heteroatoms. The Hall–Kier alpha value is -1.88. The van der Waals surface area contributed by atoms with Crippen molar-refractivity contribution in [2.75, 3.05) is 18.9 Å². The number of nitrogen functional groups attached to an aromatic ring is 1. The first kappa shape index (κ1) is 11.2. The monoisotopic (exact) mass is 245 g/mol. The van der Waals surface area contributed by atoms with Gasteiger partial charge in [0.05, 0.1) is 18.7 Å². The fourth-order valence-electron chi connectivity index (χ4n) is 2.07. The summed E-state index contributed by atoms with van der Waals surface area (Å²) < 4.78 is 11.0. The molecular weight excluding hydrogens is 230 g/mol. The fraction of sp³-hybridized carbons (Fsp3) is 0.385. The summed E-state index contributed by atoms with van der Waals surface area (Å²) in [6.07, 6.45) is 1.87. The van der Waals surface area contributed by atoms with Gasteiger partial charge in [0.1, 0.15) is 11.9 Å². The zero-order valence-corrected chi connectivity index (χ0v) is 10.0. The Kier molecular flexibility index (Phi) is 2.98. The van der Waals surface area contributed by atoms with Gasteiger partial charge in [-0.3, -0.25) is 0 Å². The lowest BCUT2D eigenvalue weighted by molar-refractivity contribution is 0.0219. The number of benzene rings is 1. The summed E-state index contributed by atoms with van der Waals surface area (Å²) in [4.78, 5) is 8.58. The number of anilines is 1. The summed E-state index contributed by atoms with van der Waals surface area (Å²) in [6, 6.07) is 8.01. The van der Waals surface area contributed by atoms with Crippen LogP contribution in [0.25, 0.3) is 10.9 Å². The molecule has 1 saturated heterocycles. The van der Waals surface area contributed by atoms with E-state index in [1.54, 1.807) is 0 Å². The largest absolute Gasteiger partial charge is 0.460 e. The molecule has 5 nitrogen and oxygen atoms in total. The highest BCUT2D eigenvalue weighted by Gasteiger charge is 2.17. The Morgan fingerprint density at radius 3 is 2.78 bits per heavy atom. The van der Waals surface area contributed by atoms with Crippen LogP contribution in [0.4, 0.5) is 5.82 Å². The molecular formula is C13H15N3O2. The highest BCUT2D eigenvalue weighted by atomic mass is 16.5. The topological polar surface area (TPSA) is 70.3 Å². The number of nitrogens with zero attached hydrogens (tertiary/aromatic N) is 2. The maximum Gasteiger partial charge on any atom is 0.319 e. The van der Waals surface area contributed by atoms with Gasteiger partial charge in [-0.1, -0.05) is 12.1 Å².